The second kappa shape index (κ2) is 10.6. The topological polar surface area (TPSA) is 0 Å². The number of rotatable bonds is 1. The molecule has 3 heteroatoms. The number of benzene rings is 2. The summed E-state index contributed by atoms with van der Waals surface area (Å²) in [4.78, 5) is 0. The van der Waals surface area contributed by atoms with Crippen molar-refractivity contribution in [2.24, 2.45) is 22.2 Å². The molecule has 2 atom stereocenters. The van der Waals surface area contributed by atoms with Gasteiger partial charge >= 0.3 is 25.8 Å². The molecular formula is C36H48Cl2Hf. The van der Waals surface area contributed by atoms with Gasteiger partial charge in [-0.05, 0) is 72.4 Å². The van der Waals surface area contributed by atoms with Gasteiger partial charge in [0.15, 0.2) is 0 Å². The van der Waals surface area contributed by atoms with E-state index in [9.17, 15) is 0 Å². The summed E-state index contributed by atoms with van der Waals surface area (Å²) in [6.07, 6.45) is 6.44. The van der Waals surface area contributed by atoms with E-state index in [0.29, 0.717) is 11.8 Å². The van der Waals surface area contributed by atoms with Crippen molar-refractivity contribution in [3.05, 3.63) is 82.0 Å². The normalized spacial score (nSPS) is 23.4. The number of hydrogen-bond acceptors (Lipinski definition) is 0. The quantitative estimate of drug-likeness (QED) is 0.383. The van der Waals surface area contributed by atoms with Crippen LogP contribution in [0, 0.1) is 22.2 Å². The van der Waals surface area contributed by atoms with E-state index in [1.165, 1.54) is 34.2 Å². The Hall–Kier alpha value is -0.630. The van der Waals surface area contributed by atoms with Gasteiger partial charge in [0.2, 0.25) is 0 Å². The minimum atomic E-state index is 0. The summed E-state index contributed by atoms with van der Waals surface area (Å²) in [5, 5.41) is 0. The predicted octanol–water partition coefficient (Wildman–Crippen LogP) is 4.36. The van der Waals surface area contributed by atoms with Crippen LogP contribution in [0.3, 0.4) is 0 Å². The molecule has 0 aliphatic heterocycles. The summed E-state index contributed by atoms with van der Waals surface area (Å²) in [6, 6.07) is 14.7. The molecular weight excluding hydrogens is 682 g/mol. The van der Waals surface area contributed by atoms with Crippen LogP contribution in [0.25, 0.3) is 11.1 Å². The van der Waals surface area contributed by atoms with Crippen LogP contribution in [0.2, 0.25) is 0 Å². The third-order valence-electron chi connectivity index (χ3n) is 9.58. The summed E-state index contributed by atoms with van der Waals surface area (Å²) in [5.74, 6) is 0.889. The fraction of sp³-hybridized carbons (Fsp3) is 0.556. The van der Waals surface area contributed by atoms with Crippen LogP contribution in [0.4, 0.5) is 0 Å². The average molecular weight is 730 g/mol. The summed E-state index contributed by atoms with van der Waals surface area (Å²) in [5.41, 5.74) is 12.9. The number of hydrogen-bond donors (Lipinski definition) is 0. The van der Waals surface area contributed by atoms with Gasteiger partial charge in [0.1, 0.15) is 0 Å². The van der Waals surface area contributed by atoms with Gasteiger partial charge in [-0.3, -0.25) is 0 Å². The van der Waals surface area contributed by atoms with Gasteiger partial charge in [-0.15, -0.1) is 0 Å². The van der Waals surface area contributed by atoms with Gasteiger partial charge in [-0.25, -0.2) is 0 Å². The molecule has 0 saturated heterocycles. The van der Waals surface area contributed by atoms with Gasteiger partial charge in [0, 0.05) is 11.8 Å². The Labute approximate surface area is 270 Å². The van der Waals surface area contributed by atoms with Crippen molar-refractivity contribution in [1.29, 1.82) is 0 Å². The van der Waals surface area contributed by atoms with E-state index in [4.69, 9.17) is 0 Å². The van der Waals surface area contributed by atoms with E-state index in [-0.39, 0.29) is 77.7 Å². The van der Waals surface area contributed by atoms with Crippen molar-refractivity contribution in [2.75, 3.05) is 0 Å². The Morgan fingerprint density at radius 2 is 1.10 bits per heavy atom. The molecule has 0 nitrogen and oxygen atoms in total. The van der Waals surface area contributed by atoms with Gasteiger partial charge in [-0.1, -0.05) is 137 Å². The first-order valence-electron chi connectivity index (χ1n) is 14.1. The molecule has 0 amide bonds. The molecule has 0 heterocycles. The van der Waals surface area contributed by atoms with E-state index in [0.717, 1.165) is 0 Å². The van der Waals surface area contributed by atoms with Crippen molar-refractivity contribution in [2.45, 2.75) is 106 Å². The molecule has 3 aliphatic rings. The molecule has 0 bridgehead atoms. The fourth-order valence-electron chi connectivity index (χ4n) is 7.55. The third kappa shape index (κ3) is 5.60. The van der Waals surface area contributed by atoms with Crippen LogP contribution in [-0.2, 0) is 36.7 Å². The Bertz CT molecular complexity index is 1240. The Balaban J connectivity index is 0.00000178. The van der Waals surface area contributed by atoms with E-state index >= 15 is 0 Å². The molecule has 0 spiro atoms. The van der Waals surface area contributed by atoms with E-state index < -0.39 is 0 Å². The molecule has 39 heavy (non-hydrogen) atoms. The third-order valence-corrected chi connectivity index (χ3v) is 9.58. The zero-order valence-electron chi connectivity index (χ0n) is 26.2. The summed E-state index contributed by atoms with van der Waals surface area (Å²) in [7, 11) is 0. The first-order valence-corrected chi connectivity index (χ1v) is 14.1. The molecule has 3 aliphatic carbocycles. The predicted molar refractivity (Wildman–Crippen MR) is 157 cm³/mol. The monoisotopic (exact) mass is 730 g/mol. The van der Waals surface area contributed by atoms with Gasteiger partial charge in [0.05, 0.1) is 0 Å². The van der Waals surface area contributed by atoms with Crippen LogP contribution >= 0.6 is 0 Å². The summed E-state index contributed by atoms with van der Waals surface area (Å²) in [6.45, 7) is 28.8. The van der Waals surface area contributed by atoms with Crippen molar-refractivity contribution in [3.8, 4) is 11.1 Å². The molecule has 0 aromatic heterocycles. The smallest absolute Gasteiger partial charge is 1.00 e. The van der Waals surface area contributed by atoms with Crippen LogP contribution < -0.4 is 24.8 Å². The average Bonchev–Trinajstić information content (AvgIpc) is 3.36. The molecule has 2 aromatic rings. The van der Waals surface area contributed by atoms with Crippen molar-refractivity contribution < 1.29 is 50.7 Å². The van der Waals surface area contributed by atoms with Gasteiger partial charge in [0.25, 0.3) is 0 Å². The Morgan fingerprint density at radius 1 is 0.667 bits per heavy atom. The Morgan fingerprint density at radius 3 is 1.49 bits per heavy atom. The Kier molecular flexibility index (Phi) is 9.37. The SMILES string of the molecule is CC(C)(C)C1=CC2C(=C1)C(C)(C)CC2(C)C1c2cc(C(C)(C)C)ccc2-c2ccc(C(C)(C)C)cc21.[Cl-].[Cl-].[Hf+2]. The van der Waals surface area contributed by atoms with E-state index in [2.05, 4.69) is 132 Å². The first-order chi connectivity index (χ1) is 16.3. The molecule has 1 saturated carbocycles. The number of halogens is 2. The zero-order valence-corrected chi connectivity index (χ0v) is 31.3. The van der Waals surface area contributed by atoms with Crippen molar-refractivity contribution in [1.82, 2.24) is 0 Å². The maximum absolute atomic E-state index is 2.66. The van der Waals surface area contributed by atoms with Gasteiger partial charge in [-0.2, -0.15) is 0 Å². The number of fused-ring (bicyclic) bond motifs is 4. The molecule has 5 rings (SSSR count). The minimum Gasteiger partial charge on any atom is -1.00 e. The maximum atomic E-state index is 2.66. The van der Waals surface area contributed by atoms with Crippen molar-refractivity contribution >= 4 is 0 Å². The standard InChI is InChI=1S/C36H48.2ClH.Hf/c1-32(2,3)22-13-15-25-26-16-14-23(33(4,5)6)18-28(26)31(27(25)17-22)36(12)21-35(10,11)29-19-24(20-30(29)36)34(7,8)9;;;/h13-20,30-31H,21H2,1-12H3;2*1H;/q;;;+2/p-2. The van der Waals surface area contributed by atoms with Crippen LogP contribution in [0.5, 0.6) is 0 Å². The summed E-state index contributed by atoms with van der Waals surface area (Å²) >= 11 is 0. The van der Waals surface area contributed by atoms with Crippen molar-refractivity contribution in [3.63, 3.8) is 0 Å². The first kappa shape index (κ1) is 34.6. The van der Waals surface area contributed by atoms with E-state index in [1.54, 1.807) is 16.7 Å². The number of allylic oxidation sites excluding steroid dienone is 4. The summed E-state index contributed by atoms with van der Waals surface area (Å²) < 4.78 is 0. The second-order valence-electron chi connectivity index (χ2n) is 16.1. The molecule has 1 fully saturated rings. The largest absolute Gasteiger partial charge is 2.00 e. The zero-order chi connectivity index (χ0) is 26.6. The van der Waals surface area contributed by atoms with Gasteiger partial charge < -0.3 is 24.8 Å². The van der Waals surface area contributed by atoms with Crippen LogP contribution in [-0.4, -0.2) is 0 Å². The van der Waals surface area contributed by atoms with E-state index in [1.807, 2.05) is 0 Å². The molecule has 0 N–H and O–H groups in total. The molecule has 210 valence electrons. The second-order valence-corrected chi connectivity index (χ2v) is 16.1. The molecule has 2 aromatic carbocycles. The van der Waals surface area contributed by atoms with Crippen LogP contribution in [0.1, 0.15) is 118 Å². The fourth-order valence-corrected chi connectivity index (χ4v) is 7.55. The maximum Gasteiger partial charge on any atom is 2.00 e. The molecule has 0 radical (unpaired) electrons. The molecule has 2 unspecified atom stereocenters. The minimum absolute atomic E-state index is 0. The van der Waals surface area contributed by atoms with Crippen LogP contribution in [0.15, 0.2) is 59.7 Å².